The first-order chi connectivity index (χ1) is 9.11. The van der Waals surface area contributed by atoms with Gasteiger partial charge in [0.25, 0.3) is 0 Å². The van der Waals surface area contributed by atoms with Gasteiger partial charge >= 0.3 is 0 Å². The van der Waals surface area contributed by atoms with Crippen molar-refractivity contribution in [1.29, 1.82) is 0 Å². The topological polar surface area (TPSA) is 38.5 Å². The van der Waals surface area contributed by atoms with Gasteiger partial charge < -0.3 is 15.4 Å². The summed E-state index contributed by atoms with van der Waals surface area (Å²) in [6.45, 7) is 3.17. The Morgan fingerprint density at radius 1 is 1.37 bits per heavy atom. The van der Waals surface area contributed by atoms with E-state index in [4.69, 9.17) is 10.5 Å². The van der Waals surface area contributed by atoms with E-state index in [0.717, 1.165) is 18.7 Å². The van der Waals surface area contributed by atoms with Gasteiger partial charge in [0.2, 0.25) is 0 Å². The summed E-state index contributed by atoms with van der Waals surface area (Å²) in [4.78, 5) is 2.43. The van der Waals surface area contributed by atoms with Gasteiger partial charge in [-0.15, -0.1) is 0 Å². The third-order valence-corrected chi connectivity index (χ3v) is 4.31. The van der Waals surface area contributed by atoms with Gasteiger partial charge in [-0.05, 0) is 50.4 Å². The lowest BCUT2D eigenvalue weighted by Gasteiger charge is -2.27. The molecular weight excluding hydrogens is 236 g/mol. The van der Waals surface area contributed by atoms with Crippen LogP contribution in [-0.4, -0.2) is 37.7 Å². The molecule has 0 spiro atoms. The molecule has 1 aliphatic rings. The van der Waals surface area contributed by atoms with Crippen LogP contribution in [0.3, 0.4) is 0 Å². The summed E-state index contributed by atoms with van der Waals surface area (Å²) in [6, 6.07) is 7.38. The lowest BCUT2D eigenvalue weighted by Crippen LogP contribution is -2.43. The van der Waals surface area contributed by atoms with Crippen LogP contribution in [0, 0.1) is 6.92 Å². The molecule has 1 aromatic rings. The van der Waals surface area contributed by atoms with E-state index in [-0.39, 0.29) is 0 Å². The Labute approximate surface area is 116 Å². The second kappa shape index (κ2) is 6.40. The van der Waals surface area contributed by atoms with E-state index in [1.807, 2.05) is 0 Å². The molecule has 0 aliphatic heterocycles. The normalized spacial score (nSPS) is 23.0. The lowest BCUT2D eigenvalue weighted by atomic mass is 10.1. The highest BCUT2D eigenvalue weighted by Crippen LogP contribution is 2.23. The molecule has 1 aromatic carbocycles. The molecule has 0 heterocycles. The highest BCUT2D eigenvalue weighted by Gasteiger charge is 2.26. The fourth-order valence-electron chi connectivity index (χ4n) is 3.08. The van der Waals surface area contributed by atoms with Crippen molar-refractivity contribution >= 4 is 0 Å². The maximum atomic E-state index is 6.15. The number of methoxy groups -OCH3 is 1. The molecule has 1 saturated carbocycles. The molecule has 0 bridgehead atoms. The zero-order valence-electron chi connectivity index (χ0n) is 12.4. The second-order valence-electron chi connectivity index (χ2n) is 5.70. The highest BCUT2D eigenvalue weighted by molar-refractivity contribution is 5.36. The van der Waals surface area contributed by atoms with E-state index in [1.165, 1.54) is 30.4 Å². The van der Waals surface area contributed by atoms with Crippen molar-refractivity contribution in [2.75, 3.05) is 20.7 Å². The minimum absolute atomic E-state index is 0.364. The number of ether oxygens (including phenoxy) is 1. The Morgan fingerprint density at radius 3 is 2.74 bits per heavy atom. The predicted octanol–water partition coefficient (Wildman–Crippen LogP) is 2.36. The zero-order valence-corrected chi connectivity index (χ0v) is 12.4. The van der Waals surface area contributed by atoms with Crippen molar-refractivity contribution in [2.24, 2.45) is 5.73 Å². The van der Waals surface area contributed by atoms with Crippen LogP contribution in [-0.2, 0) is 6.42 Å². The standard InChI is InChI=1S/C16H26N2O/c1-12-11-13(7-8-16(12)19-3)9-10-18(2)15-6-4-5-14(15)17/h7-8,11,14-15H,4-6,9-10,17H2,1-3H3. The largest absolute Gasteiger partial charge is 0.496 e. The van der Waals surface area contributed by atoms with Gasteiger partial charge in [-0.1, -0.05) is 18.6 Å². The van der Waals surface area contributed by atoms with Crippen molar-refractivity contribution in [3.8, 4) is 5.75 Å². The smallest absolute Gasteiger partial charge is 0.121 e. The van der Waals surface area contributed by atoms with Gasteiger partial charge in [0.15, 0.2) is 0 Å². The van der Waals surface area contributed by atoms with Crippen LogP contribution in [0.15, 0.2) is 18.2 Å². The Morgan fingerprint density at radius 2 is 2.16 bits per heavy atom. The molecule has 19 heavy (non-hydrogen) atoms. The summed E-state index contributed by atoms with van der Waals surface area (Å²) in [5.41, 5.74) is 8.73. The Balaban J connectivity index is 1.89. The van der Waals surface area contributed by atoms with Gasteiger partial charge in [0, 0.05) is 18.6 Å². The molecule has 106 valence electrons. The molecule has 1 aliphatic carbocycles. The number of nitrogens with two attached hydrogens (primary N) is 1. The van der Waals surface area contributed by atoms with Crippen LogP contribution in [0.4, 0.5) is 0 Å². The average Bonchev–Trinajstić information content (AvgIpc) is 2.82. The Kier molecular flexibility index (Phi) is 4.83. The van der Waals surface area contributed by atoms with E-state index < -0.39 is 0 Å². The zero-order chi connectivity index (χ0) is 13.8. The van der Waals surface area contributed by atoms with Gasteiger partial charge in [0.1, 0.15) is 5.75 Å². The minimum Gasteiger partial charge on any atom is -0.496 e. The number of aryl methyl sites for hydroxylation is 1. The number of hydrogen-bond acceptors (Lipinski definition) is 3. The highest BCUT2D eigenvalue weighted by atomic mass is 16.5. The first-order valence-electron chi connectivity index (χ1n) is 7.21. The lowest BCUT2D eigenvalue weighted by molar-refractivity contribution is 0.231. The fourth-order valence-corrected chi connectivity index (χ4v) is 3.08. The molecule has 2 unspecified atom stereocenters. The molecule has 2 N–H and O–H groups in total. The third kappa shape index (κ3) is 3.48. The van der Waals surface area contributed by atoms with Crippen molar-refractivity contribution < 1.29 is 4.74 Å². The van der Waals surface area contributed by atoms with Crippen molar-refractivity contribution in [3.63, 3.8) is 0 Å². The molecule has 0 saturated heterocycles. The number of hydrogen-bond donors (Lipinski definition) is 1. The average molecular weight is 262 g/mol. The first kappa shape index (κ1) is 14.4. The van der Waals surface area contributed by atoms with Crippen molar-refractivity contribution in [1.82, 2.24) is 4.90 Å². The van der Waals surface area contributed by atoms with Crippen molar-refractivity contribution in [3.05, 3.63) is 29.3 Å². The molecule has 3 heteroatoms. The van der Waals surface area contributed by atoms with E-state index >= 15 is 0 Å². The van der Waals surface area contributed by atoms with Gasteiger partial charge in [-0.2, -0.15) is 0 Å². The number of benzene rings is 1. The van der Waals surface area contributed by atoms with Crippen molar-refractivity contribution in [2.45, 2.75) is 44.7 Å². The molecule has 0 amide bonds. The number of nitrogens with zero attached hydrogens (tertiary/aromatic N) is 1. The molecule has 2 atom stereocenters. The molecule has 0 radical (unpaired) electrons. The quantitative estimate of drug-likeness (QED) is 0.885. The summed E-state index contributed by atoms with van der Waals surface area (Å²) in [5, 5.41) is 0. The third-order valence-electron chi connectivity index (χ3n) is 4.31. The monoisotopic (exact) mass is 262 g/mol. The van der Waals surface area contributed by atoms with Crippen LogP contribution in [0.5, 0.6) is 5.75 Å². The van der Waals surface area contributed by atoms with Crippen LogP contribution in [0.1, 0.15) is 30.4 Å². The summed E-state index contributed by atoms with van der Waals surface area (Å²) >= 11 is 0. The maximum absolute atomic E-state index is 6.15. The Hall–Kier alpha value is -1.06. The summed E-state index contributed by atoms with van der Waals surface area (Å²) in [6.07, 6.45) is 4.78. The SMILES string of the molecule is COc1ccc(CCN(C)C2CCCC2N)cc1C. The summed E-state index contributed by atoms with van der Waals surface area (Å²) < 4.78 is 5.29. The van der Waals surface area contributed by atoms with Crippen LogP contribution in [0.25, 0.3) is 0 Å². The molecule has 3 nitrogen and oxygen atoms in total. The molecule has 1 fully saturated rings. The minimum atomic E-state index is 0.364. The summed E-state index contributed by atoms with van der Waals surface area (Å²) in [5.74, 6) is 0.968. The summed E-state index contributed by atoms with van der Waals surface area (Å²) in [7, 11) is 3.92. The number of rotatable bonds is 5. The van der Waals surface area contributed by atoms with E-state index in [2.05, 4.69) is 37.1 Å². The first-order valence-corrected chi connectivity index (χ1v) is 7.21. The van der Waals surface area contributed by atoms with Crippen LogP contribution in [0.2, 0.25) is 0 Å². The fraction of sp³-hybridized carbons (Fsp3) is 0.625. The Bertz CT molecular complexity index is 419. The van der Waals surface area contributed by atoms with E-state index in [0.29, 0.717) is 12.1 Å². The molecular formula is C16H26N2O. The van der Waals surface area contributed by atoms with E-state index in [1.54, 1.807) is 7.11 Å². The van der Waals surface area contributed by atoms with Gasteiger partial charge in [0.05, 0.1) is 7.11 Å². The van der Waals surface area contributed by atoms with Crippen LogP contribution >= 0.6 is 0 Å². The maximum Gasteiger partial charge on any atom is 0.121 e. The molecule has 2 rings (SSSR count). The number of likely N-dealkylation sites (N-methyl/N-ethyl adjacent to an activating group) is 1. The van der Waals surface area contributed by atoms with E-state index in [9.17, 15) is 0 Å². The van der Waals surface area contributed by atoms with Gasteiger partial charge in [-0.3, -0.25) is 0 Å². The molecule has 0 aromatic heterocycles. The predicted molar refractivity (Wildman–Crippen MR) is 79.7 cm³/mol. The van der Waals surface area contributed by atoms with Crippen LogP contribution < -0.4 is 10.5 Å². The van der Waals surface area contributed by atoms with Gasteiger partial charge in [-0.25, -0.2) is 0 Å². The second-order valence-corrected chi connectivity index (χ2v) is 5.70.